The van der Waals surface area contributed by atoms with Gasteiger partial charge in [0.1, 0.15) is 0 Å². The highest BCUT2D eigenvalue weighted by atomic mass is 127. The van der Waals surface area contributed by atoms with Gasteiger partial charge in [-0.05, 0) is 7.05 Å². The molecular weight excluding hydrogens is 279 g/mol. The Balaban J connectivity index is 1.96. The van der Waals surface area contributed by atoms with E-state index in [0.717, 1.165) is 24.2 Å². The van der Waals surface area contributed by atoms with Gasteiger partial charge in [0, 0.05) is 37.2 Å². The van der Waals surface area contributed by atoms with E-state index in [2.05, 4.69) is 39.4 Å². The predicted molar refractivity (Wildman–Crippen MR) is 63.6 cm³/mol. The summed E-state index contributed by atoms with van der Waals surface area (Å²) in [5.41, 5.74) is 0. The average molecular weight is 298 g/mol. The van der Waals surface area contributed by atoms with Crippen LogP contribution in [-0.4, -0.2) is 67.2 Å². The van der Waals surface area contributed by atoms with Crippen LogP contribution in [-0.2, 0) is 4.74 Å². The molecule has 1 aliphatic rings. The Kier molecular flexibility index (Phi) is 6.27. The Morgan fingerprint density at radius 3 is 2.46 bits per heavy atom. The molecule has 0 bridgehead atoms. The molecule has 13 heavy (non-hydrogen) atoms. The Bertz CT molecular complexity index is 127. The Morgan fingerprint density at radius 1 is 1.15 bits per heavy atom. The van der Waals surface area contributed by atoms with Crippen molar-refractivity contribution in [2.75, 3.05) is 57.4 Å². The lowest BCUT2D eigenvalue weighted by molar-refractivity contribution is 0.0900. The molecule has 1 fully saturated rings. The standard InChI is InChI=1S/C9H19IN2O/c1-11-3-5-12(6-4-11)7-9-13-8-2-10/h2-9H2,1H3. The third kappa shape index (κ3) is 5.15. The van der Waals surface area contributed by atoms with E-state index in [-0.39, 0.29) is 0 Å². The number of hydrogen-bond donors (Lipinski definition) is 0. The Hall–Kier alpha value is 0.610. The van der Waals surface area contributed by atoms with Crippen LogP contribution in [0.1, 0.15) is 0 Å². The zero-order valence-corrected chi connectivity index (χ0v) is 10.5. The van der Waals surface area contributed by atoms with Gasteiger partial charge in [-0.15, -0.1) is 0 Å². The van der Waals surface area contributed by atoms with Gasteiger partial charge in [-0.25, -0.2) is 0 Å². The minimum absolute atomic E-state index is 0.896. The van der Waals surface area contributed by atoms with Crippen molar-refractivity contribution < 1.29 is 4.74 Å². The summed E-state index contributed by atoms with van der Waals surface area (Å²) >= 11 is 2.34. The molecule has 0 aromatic rings. The van der Waals surface area contributed by atoms with Crippen molar-refractivity contribution >= 4 is 22.6 Å². The number of rotatable bonds is 5. The van der Waals surface area contributed by atoms with Crippen LogP contribution in [0.4, 0.5) is 0 Å². The second-order valence-corrected chi connectivity index (χ2v) is 4.53. The summed E-state index contributed by atoms with van der Waals surface area (Å²) in [6, 6.07) is 0. The molecule has 78 valence electrons. The molecule has 0 spiro atoms. The van der Waals surface area contributed by atoms with E-state index in [4.69, 9.17) is 4.74 Å². The second kappa shape index (κ2) is 6.98. The van der Waals surface area contributed by atoms with Crippen LogP contribution in [0.25, 0.3) is 0 Å². The van der Waals surface area contributed by atoms with E-state index >= 15 is 0 Å². The highest BCUT2D eigenvalue weighted by Gasteiger charge is 2.12. The van der Waals surface area contributed by atoms with Crippen LogP contribution in [0.5, 0.6) is 0 Å². The molecule has 0 aromatic carbocycles. The van der Waals surface area contributed by atoms with Crippen molar-refractivity contribution in [2.24, 2.45) is 0 Å². The summed E-state index contributed by atoms with van der Waals surface area (Å²) in [6.07, 6.45) is 0. The van der Waals surface area contributed by atoms with E-state index in [1.165, 1.54) is 26.2 Å². The van der Waals surface area contributed by atoms with E-state index in [9.17, 15) is 0 Å². The van der Waals surface area contributed by atoms with Gasteiger partial charge in [0.15, 0.2) is 0 Å². The molecule has 1 saturated heterocycles. The average Bonchev–Trinajstić information content (AvgIpc) is 2.15. The summed E-state index contributed by atoms with van der Waals surface area (Å²) in [6.45, 7) is 7.69. The molecule has 4 heteroatoms. The van der Waals surface area contributed by atoms with Gasteiger partial charge in [0.25, 0.3) is 0 Å². The normalized spacial score (nSPS) is 20.8. The highest BCUT2D eigenvalue weighted by Crippen LogP contribution is 1.98. The summed E-state index contributed by atoms with van der Waals surface area (Å²) < 4.78 is 6.55. The van der Waals surface area contributed by atoms with Crippen LogP contribution >= 0.6 is 22.6 Å². The van der Waals surface area contributed by atoms with Crippen molar-refractivity contribution in [1.29, 1.82) is 0 Å². The lowest BCUT2D eigenvalue weighted by Crippen LogP contribution is -2.45. The van der Waals surface area contributed by atoms with E-state index in [0.29, 0.717) is 0 Å². The first kappa shape index (κ1) is 11.7. The van der Waals surface area contributed by atoms with Gasteiger partial charge in [-0.3, -0.25) is 4.90 Å². The number of piperazine rings is 1. The first-order valence-electron chi connectivity index (χ1n) is 4.87. The van der Waals surface area contributed by atoms with Crippen molar-refractivity contribution in [3.63, 3.8) is 0 Å². The number of hydrogen-bond acceptors (Lipinski definition) is 3. The molecule has 0 aliphatic carbocycles. The highest BCUT2D eigenvalue weighted by molar-refractivity contribution is 14.1. The maximum absolute atomic E-state index is 5.45. The van der Waals surface area contributed by atoms with Crippen LogP contribution in [0.15, 0.2) is 0 Å². The molecule has 1 aliphatic heterocycles. The molecule has 1 rings (SSSR count). The van der Waals surface area contributed by atoms with Crippen molar-refractivity contribution in [3.8, 4) is 0 Å². The number of likely N-dealkylation sites (N-methyl/N-ethyl adjacent to an activating group) is 1. The minimum Gasteiger partial charge on any atom is -0.379 e. The lowest BCUT2D eigenvalue weighted by atomic mass is 10.3. The molecule has 0 N–H and O–H groups in total. The van der Waals surface area contributed by atoms with Crippen LogP contribution in [0, 0.1) is 0 Å². The van der Waals surface area contributed by atoms with Crippen molar-refractivity contribution in [1.82, 2.24) is 9.80 Å². The van der Waals surface area contributed by atoms with E-state index in [1.807, 2.05) is 0 Å². The molecule has 0 unspecified atom stereocenters. The van der Waals surface area contributed by atoms with Gasteiger partial charge in [0.2, 0.25) is 0 Å². The lowest BCUT2D eigenvalue weighted by Gasteiger charge is -2.32. The van der Waals surface area contributed by atoms with Gasteiger partial charge < -0.3 is 9.64 Å². The smallest absolute Gasteiger partial charge is 0.0593 e. The third-order valence-electron chi connectivity index (χ3n) is 2.37. The van der Waals surface area contributed by atoms with Gasteiger partial charge in [-0.1, -0.05) is 22.6 Å². The zero-order valence-electron chi connectivity index (χ0n) is 8.34. The van der Waals surface area contributed by atoms with E-state index < -0.39 is 0 Å². The number of ether oxygens (including phenoxy) is 1. The molecule has 0 radical (unpaired) electrons. The predicted octanol–water partition coefficient (Wildman–Crippen LogP) is 0.685. The number of nitrogens with zero attached hydrogens (tertiary/aromatic N) is 2. The third-order valence-corrected chi connectivity index (χ3v) is 2.81. The summed E-state index contributed by atoms with van der Waals surface area (Å²) in [4.78, 5) is 4.86. The van der Waals surface area contributed by atoms with Crippen LogP contribution in [0.3, 0.4) is 0 Å². The second-order valence-electron chi connectivity index (χ2n) is 3.45. The van der Waals surface area contributed by atoms with Crippen LogP contribution in [0.2, 0.25) is 0 Å². The number of halogens is 1. The first-order chi connectivity index (χ1) is 6.33. The summed E-state index contributed by atoms with van der Waals surface area (Å²) in [5, 5.41) is 0. The van der Waals surface area contributed by atoms with E-state index in [1.54, 1.807) is 0 Å². The molecule has 0 atom stereocenters. The fourth-order valence-corrected chi connectivity index (χ4v) is 1.73. The van der Waals surface area contributed by atoms with Crippen LogP contribution < -0.4 is 0 Å². The van der Waals surface area contributed by atoms with Crippen molar-refractivity contribution in [3.05, 3.63) is 0 Å². The molecule has 3 nitrogen and oxygen atoms in total. The zero-order chi connectivity index (χ0) is 9.52. The number of alkyl halides is 1. The largest absolute Gasteiger partial charge is 0.379 e. The van der Waals surface area contributed by atoms with Crippen molar-refractivity contribution in [2.45, 2.75) is 0 Å². The molecular formula is C9H19IN2O. The fraction of sp³-hybridized carbons (Fsp3) is 1.00. The first-order valence-corrected chi connectivity index (χ1v) is 6.40. The fourth-order valence-electron chi connectivity index (χ4n) is 1.42. The summed E-state index contributed by atoms with van der Waals surface area (Å²) in [5.74, 6) is 0. The molecule has 0 amide bonds. The topological polar surface area (TPSA) is 15.7 Å². The monoisotopic (exact) mass is 298 g/mol. The molecule has 1 heterocycles. The maximum Gasteiger partial charge on any atom is 0.0593 e. The van der Waals surface area contributed by atoms with Gasteiger partial charge in [-0.2, -0.15) is 0 Å². The Labute approximate surface area is 94.5 Å². The quantitative estimate of drug-likeness (QED) is 0.422. The minimum atomic E-state index is 0.896. The molecule has 0 aromatic heterocycles. The summed E-state index contributed by atoms with van der Waals surface area (Å²) in [7, 11) is 2.18. The maximum atomic E-state index is 5.45. The Morgan fingerprint density at radius 2 is 1.85 bits per heavy atom. The SMILES string of the molecule is CN1CCN(CCOCCI)CC1. The molecule has 0 saturated carbocycles. The van der Waals surface area contributed by atoms with Gasteiger partial charge >= 0.3 is 0 Å². The van der Waals surface area contributed by atoms with Gasteiger partial charge in [0.05, 0.1) is 13.2 Å².